The van der Waals surface area contributed by atoms with Crippen LogP contribution in [0.15, 0.2) is 218 Å². The maximum atomic E-state index is 2.49. The fraction of sp³-hybridized carbons (Fsp3) is 0.0690. The molecule has 0 atom stereocenters. The topological polar surface area (TPSA) is 8.17 Å². The van der Waals surface area contributed by atoms with Gasteiger partial charge in [0.25, 0.3) is 0 Å². The van der Waals surface area contributed by atoms with Gasteiger partial charge in [0.05, 0.1) is 16.4 Å². The molecule has 0 unspecified atom stereocenters. The van der Waals surface area contributed by atoms with E-state index in [0.717, 1.165) is 22.7 Å². The van der Waals surface area contributed by atoms with Gasteiger partial charge in [-0.05, 0) is 116 Å². The van der Waals surface area contributed by atoms with E-state index in [-0.39, 0.29) is 5.41 Å². The summed E-state index contributed by atoms with van der Waals surface area (Å²) in [7, 11) is 0. The van der Waals surface area contributed by atoms with Gasteiger partial charge in [0.15, 0.2) is 0 Å². The standard InChI is InChI=1S/C58H42N2/c1-57(2)51-28-13-9-24-45(51)48-34-32-44(38-54(48)57)59(43-33-35-56-50(37-43)49-27-12-16-31-55(49)60(56)41-21-7-4-8-22-41)42-23-17-20-40(36-42)58(39-18-5-3-6-19-39)52-29-14-10-25-46(52)47-26-11-15-30-53(47)58/h3-38H,1-2H3. The molecule has 60 heavy (non-hydrogen) atoms. The molecule has 0 aliphatic heterocycles. The van der Waals surface area contributed by atoms with Crippen LogP contribution in [0.1, 0.15) is 47.2 Å². The minimum Gasteiger partial charge on any atom is -0.310 e. The molecule has 0 N–H and O–H groups in total. The molecule has 9 aromatic carbocycles. The van der Waals surface area contributed by atoms with Crippen molar-refractivity contribution in [2.75, 3.05) is 4.90 Å². The molecular formula is C58H42N2. The lowest BCUT2D eigenvalue weighted by Crippen LogP contribution is -2.28. The third kappa shape index (κ3) is 4.82. The second kappa shape index (κ2) is 13.0. The number of hydrogen-bond acceptors (Lipinski definition) is 1. The minimum atomic E-state index is -0.509. The molecule has 0 saturated carbocycles. The molecule has 284 valence electrons. The van der Waals surface area contributed by atoms with Crippen molar-refractivity contribution in [1.29, 1.82) is 0 Å². The summed E-state index contributed by atoms with van der Waals surface area (Å²) in [6, 6.07) is 81.1. The number of aromatic nitrogens is 1. The highest BCUT2D eigenvalue weighted by Gasteiger charge is 2.46. The molecule has 0 amide bonds. The van der Waals surface area contributed by atoms with Crippen molar-refractivity contribution in [2.45, 2.75) is 24.7 Å². The summed E-state index contributed by atoms with van der Waals surface area (Å²) in [4.78, 5) is 2.49. The first-order chi connectivity index (χ1) is 29.5. The fourth-order valence-electron chi connectivity index (χ4n) is 10.8. The molecule has 12 rings (SSSR count). The third-order valence-electron chi connectivity index (χ3n) is 13.5. The second-order valence-electron chi connectivity index (χ2n) is 16.9. The molecule has 0 bridgehead atoms. The molecular weight excluding hydrogens is 725 g/mol. The van der Waals surface area contributed by atoms with Crippen LogP contribution >= 0.6 is 0 Å². The zero-order chi connectivity index (χ0) is 40.0. The van der Waals surface area contributed by atoms with Gasteiger partial charge in [0.1, 0.15) is 0 Å². The van der Waals surface area contributed by atoms with E-state index >= 15 is 0 Å². The van der Waals surface area contributed by atoms with Crippen LogP contribution in [0, 0.1) is 0 Å². The smallest absolute Gasteiger partial charge is 0.0714 e. The maximum Gasteiger partial charge on any atom is 0.0714 e. The highest BCUT2D eigenvalue weighted by atomic mass is 15.1. The molecule has 0 radical (unpaired) electrons. The van der Waals surface area contributed by atoms with Crippen LogP contribution in [0.25, 0.3) is 49.7 Å². The van der Waals surface area contributed by atoms with Gasteiger partial charge in [0.2, 0.25) is 0 Å². The fourth-order valence-corrected chi connectivity index (χ4v) is 10.8. The van der Waals surface area contributed by atoms with E-state index in [0.29, 0.717) is 0 Å². The highest BCUT2D eigenvalue weighted by Crippen LogP contribution is 2.57. The number of benzene rings is 9. The van der Waals surface area contributed by atoms with Gasteiger partial charge in [-0.15, -0.1) is 0 Å². The van der Waals surface area contributed by atoms with E-state index in [2.05, 4.69) is 242 Å². The van der Waals surface area contributed by atoms with Crippen LogP contribution in [0.3, 0.4) is 0 Å². The summed E-state index contributed by atoms with van der Waals surface area (Å²) in [6.45, 7) is 4.74. The molecule has 0 saturated heterocycles. The lowest BCUT2D eigenvalue weighted by Gasteiger charge is -2.35. The minimum absolute atomic E-state index is 0.142. The highest BCUT2D eigenvalue weighted by molar-refractivity contribution is 6.10. The second-order valence-corrected chi connectivity index (χ2v) is 16.9. The quantitative estimate of drug-likeness (QED) is 0.164. The zero-order valence-corrected chi connectivity index (χ0v) is 33.7. The zero-order valence-electron chi connectivity index (χ0n) is 33.7. The number of anilines is 3. The normalized spacial score (nSPS) is 14.1. The van der Waals surface area contributed by atoms with E-state index in [4.69, 9.17) is 0 Å². The largest absolute Gasteiger partial charge is 0.310 e. The van der Waals surface area contributed by atoms with E-state index in [1.54, 1.807) is 0 Å². The molecule has 2 aliphatic rings. The Balaban J connectivity index is 1.12. The van der Waals surface area contributed by atoms with Crippen LogP contribution in [-0.2, 0) is 10.8 Å². The van der Waals surface area contributed by atoms with Gasteiger partial charge in [-0.25, -0.2) is 0 Å². The summed E-state index contributed by atoms with van der Waals surface area (Å²) < 4.78 is 2.40. The van der Waals surface area contributed by atoms with Crippen LogP contribution in [-0.4, -0.2) is 4.57 Å². The third-order valence-corrected chi connectivity index (χ3v) is 13.5. The molecule has 0 fully saturated rings. The summed E-state index contributed by atoms with van der Waals surface area (Å²) in [6.07, 6.45) is 0. The van der Waals surface area contributed by atoms with Crippen molar-refractivity contribution in [3.8, 4) is 27.9 Å². The van der Waals surface area contributed by atoms with Gasteiger partial charge in [-0.1, -0.05) is 172 Å². The Morgan fingerprint density at radius 1 is 0.350 bits per heavy atom. The van der Waals surface area contributed by atoms with Crippen LogP contribution in [0.4, 0.5) is 17.1 Å². The monoisotopic (exact) mass is 766 g/mol. The average Bonchev–Trinajstić information content (AvgIpc) is 3.88. The molecule has 0 spiro atoms. The Labute approximate surface area is 351 Å². The van der Waals surface area contributed by atoms with Crippen molar-refractivity contribution in [2.24, 2.45) is 0 Å². The van der Waals surface area contributed by atoms with Crippen molar-refractivity contribution < 1.29 is 0 Å². The van der Waals surface area contributed by atoms with Crippen molar-refractivity contribution in [3.63, 3.8) is 0 Å². The lowest BCUT2D eigenvalue weighted by molar-refractivity contribution is 0.660. The first-order valence-electron chi connectivity index (χ1n) is 21.0. The number of rotatable bonds is 6. The molecule has 1 aromatic heterocycles. The number of hydrogen-bond donors (Lipinski definition) is 0. The van der Waals surface area contributed by atoms with Gasteiger partial charge in [0, 0.05) is 38.9 Å². The molecule has 1 heterocycles. The van der Waals surface area contributed by atoms with Crippen molar-refractivity contribution in [1.82, 2.24) is 4.57 Å². The Hall–Kier alpha value is -7.42. The molecule has 10 aromatic rings. The predicted molar refractivity (Wildman–Crippen MR) is 250 cm³/mol. The van der Waals surface area contributed by atoms with Crippen LogP contribution < -0.4 is 4.90 Å². The average molecular weight is 767 g/mol. The number of fused-ring (bicyclic) bond motifs is 9. The Morgan fingerprint density at radius 3 is 1.60 bits per heavy atom. The van der Waals surface area contributed by atoms with Gasteiger partial charge in [-0.3, -0.25) is 0 Å². The first-order valence-corrected chi connectivity index (χ1v) is 21.0. The van der Waals surface area contributed by atoms with Gasteiger partial charge < -0.3 is 9.47 Å². The summed E-state index contributed by atoms with van der Waals surface area (Å²) in [5.41, 5.74) is 19.3. The van der Waals surface area contributed by atoms with Gasteiger partial charge >= 0.3 is 0 Å². The summed E-state index contributed by atoms with van der Waals surface area (Å²) in [5, 5.41) is 2.46. The summed E-state index contributed by atoms with van der Waals surface area (Å²) in [5.74, 6) is 0. The van der Waals surface area contributed by atoms with E-state index in [1.165, 1.54) is 77.4 Å². The molecule has 2 heteroatoms. The van der Waals surface area contributed by atoms with Gasteiger partial charge in [-0.2, -0.15) is 0 Å². The van der Waals surface area contributed by atoms with E-state index in [1.807, 2.05) is 0 Å². The molecule has 2 nitrogen and oxygen atoms in total. The Bertz CT molecular complexity index is 3250. The number of nitrogens with zero attached hydrogens (tertiary/aromatic N) is 2. The van der Waals surface area contributed by atoms with E-state index in [9.17, 15) is 0 Å². The Kier molecular flexibility index (Phi) is 7.52. The predicted octanol–water partition coefficient (Wildman–Crippen LogP) is 14.9. The SMILES string of the molecule is CC1(C)c2ccccc2-c2ccc(N(c3cccc(C4(c5ccccc5)c5ccccc5-c5ccccc54)c3)c3ccc4c(c3)c3ccccc3n4-c3ccccc3)cc21. The number of para-hydroxylation sites is 2. The lowest BCUT2D eigenvalue weighted by atomic mass is 9.67. The van der Waals surface area contributed by atoms with Crippen molar-refractivity contribution in [3.05, 3.63) is 252 Å². The summed E-state index contributed by atoms with van der Waals surface area (Å²) >= 11 is 0. The van der Waals surface area contributed by atoms with Crippen LogP contribution in [0.2, 0.25) is 0 Å². The van der Waals surface area contributed by atoms with Crippen molar-refractivity contribution >= 4 is 38.9 Å². The van der Waals surface area contributed by atoms with Crippen LogP contribution in [0.5, 0.6) is 0 Å². The first kappa shape index (κ1) is 34.6. The molecule has 2 aliphatic carbocycles. The van der Waals surface area contributed by atoms with E-state index < -0.39 is 5.41 Å². The Morgan fingerprint density at radius 2 is 0.867 bits per heavy atom. The maximum absolute atomic E-state index is 2.49.